The van der Waals surface area contributed by atoms with Gasteiger partial charge in [0.1, 0.15) is 17.1 Å². The van der Waals surface area contributed by atoms with Crippen LogP contribution in [0.4, 0.5) is 15.8 Å². The molecule has 212 valence electrons. The number of carbonyl (C=O) groups is 4. The molecule has 0 fully saturated rings. The van der Waals surface area contributed by atoms with Crippen LogP contribution in [0.2, 0.25) is 0 Å². The molecule has 0 spiro atoms. The molecule has 0 atom stereocenters. The first kappa shape index (κ1) is 27.1. The molecule has 9 nitrogen and oxygen atoms in total. The minimum atomic E-state index is -1.33. The molecule has 0 saturated carbocycles. The molecule has 3 aromatic carbocycles. The third-order valence-corrected chi connectivity index (χ3v) is 7.68. The summed E-state index contributed by atoms with van der Waals surface area (Å²) in [7, 11) is 0. The number of aromatic nitrogens is 1. The van der Waals surface area contributed by atoms with E-state index in [0.717, 1.165) is 15.7 Å². The molecule has 4 aromatic rings. The Balaban J connectivity index is 1.22. The van der Waals surface area contributed by atoms with Gasteiger partial charge >= 0.3 is 0 Å². The molecule has 0 bridgehead atoms. The Hall–Kier alpha value is -5.12. The van der Waals surface area contributed by atoms with Crippen LogP contribution >= 0.6 is 0 Å². The van der Waals surface area contributed by atoms with Crippen molar-refractivity contribution in [2.24, 2.45) is 0 Å². The van der Waals surface area contributed by atoms with Crippen LogP contribution in [0.5, 0.6) is 5.75 Å². The molecule has 42 heavy (non-hydrogen) atoms. The summed E-state index contributed by atoms with van der Waals surface area (Å²) < 4.78 is 20.4. The third-order valence-electron chi connectivity index (χ3n) is 7.68. The number of hydrogen-bond donors (Lipinski definition) is 0. The Kier molecular flexibility index (Phi) is 6.68. The predicted molar refractivity (Wildman–Crippen MR) is 154 cm³/mol. The standard InChI is InChI=1S/C32H27FN4O5/c1-32(2)31(41)35(15-6-16-36-29(39)23-8-3-4-9-24(23)30(36)40)26-17-21(33)11-12-25(26)37(32)28(38)19-42-27-10-5-7-20-18-34-14-13-22(20)27/h3-5,7-14,17-18H,6,15-16,19H2,1-2H3. The monoisotopic (exact) mass is 566 g/mol. The van der Waals surface area contributed by atoms with Crippen LogP contribution in [-0.4, -0.2) is 58.7 Å². The van der Waals surface area contributed by atoms with Crippen molar-refractivity contribution in [3.8, 4) is 5.75 Å². The van der Waals surface area contributed by atoms with Crippen LogP contribution in [0, 0.1) is 5.82 Å². The number of benzene rings is 3. The fraction of sp³-hybridized carbons (Fsp3) is 0.219. The lowest BCUT2D eigenvalue weighted by Crippen LogP contribution is -2.63. The van der Waals surface area contributed by atoms with Crippen LogP contribution in [0.25, 0.3) is 10.8 Å². The van der Waals surface area contributed by atoms with Gasteiger partial charge in [-0.15, -0.1) is 0 Å². The summed E-state index contributed by atoms with van der Waals surface area (Å²) in [5.41, 5.74) is -0.0456. The minimum absolute atomic E-state index is 0.0816. The van der Waals surface area contributed by atoms with Gasteiger partial charge in [-0.1, -0.05) is 24.3 Å². The van der Waals surface area contributed by atoms with Crippen molar-refractivity contribution in [3.63, 3.8) is 0 Å². The van der Waals surface area contributed by atoms with Crippen LogP contribution < -0.4 is 14.5 Å². The number of nitrogens with zero attached hydrogens (tertiary/aromatic N) is 4. The second-order valence-electron chi connectivity index (χ2n) is 10.7. The summed E-state index contributed by atoms with van der Waals surface area (Å²) in [6.07, 6.45) is 3.59. The van der Waals surface area contributed by atoms with E-state index >= 15 is 0 Å². The Morgan fingerprint density at radius 2 is 1.60 bits per heavy atom. The van der Waals surface area contributed by atoms with E-state index < -0.39 is 23.2 Å². The number of rotatable bonds is 7. The van der Waals surface area contributed by atoms with Crippen molar-refractivity contribution < 1.29 is 28.3 Å². The number of anilines is 2. The fourth-order valence-electron chi connectivity index (χ4n) is 5.66. The third kappa shape index (κ3) is 4.45. The predicted octanol–water partition coefficient (Wildman–Crippen LogP) is 4.60. The van der Waals surface area contributed by atoms with Gasteiger partial charge in [0.05, 0.1) is 22.5 Å². The van der Waals surface area contributed by atoms with E-state index in [1.54, 1.807) is 68.7 Å². The summed E-state index contributed by atoms with van der Waals surface area (Å²) in [5.74, 6) is -1.73. The number of amides is 4. The molecule has 0 N–H and O–H groups in total. The average molecular weight is 567 g/mol. The van der Waals surface area contributed by atoms with Crippen LogP contribution in [-0.2, 0) is 9.59 Å². The quantitative estimate of drug-likeness (QED) is 0.303. The van der Waals surface area contributed by atoms with Crippen LogP contribution in [0.15, 0.2) is 79.1 Å². The Labute approximate surface area is 241 Å². The van der Waals surface area contributed by atoms with Crippen molar-refractivity contribution in [3.05, 3.63) is 96.1 Å². The number of fused-ring (bicyclic) bond motifs is 3. The molecule has 10 heteroatoms. The number of imide groups is 1. The summed E-state index contributed by atoms with van der Waals surface area (Å²) in [5, 5.41) is 1.65. The highest BCUT2D eigenvalue weighted by Gasteiger charge is 2.47. The van der Waals surface area contributed by atoms with E-state index in [2.05, 4.69) is 4.98 Å². The summed E-state index contributed by atoms with van der Waals surface area (Å²) in [4.78, 5) is 61.0. The van der Waals surface area contributed by atoms with Crippen molar-refractivity contribution in [1.29, 1.82) is 0 Å². The highest BCUT2D eigenvalue weighted by molar-refractivity contribution is 6.21. The first-order chi connectivity index (χ1) is 20.2. The number of carbonyl (C=O) groups excluding carboxylic acids is 4. The van der Waals surface area contributed by atoms with Gasteiger partial charge in [0, 0.05) is 36.3 Å². The summed E-state index contributed by atoms with van der Waals surface area (Å²) >= 11 is 0. The molecular formula is C32H27FN4O5. The number of ether oxygens (including phenoxy) is 1. The summed E-state index contributed by atoms with van der Waals surface area (Å²) in [6.45, 7) is 3.09. The second-order valence-corrected chi connectivity index (χ2v) is 10.7. The Morgan fingerprint density at radius 1 is 0.881 bits per heavy atom. The van der Waals surface area contributed by atoms with Gasteiger partial charge in [-0.25, -0.2) is 4.39 Å². The van der Waals surface area contributed by atoms with E-state index in [9.17, 15) is 23.6 Å². The maximum absolute atomic E-state index is 14.5. The lowest BCUT2D eigenvalue weighted by molar-refractivity contribution is -0.129. The zero-order valence-corrected chi connectivity index (χ0v) is 23.0. The van der Waals surface area contributed by atoms with Crippen molar-refractivity contribution in [2.75, 3.05) is 29.5 Å². The SMILES string of the molecule is CC1(C)C(=O)N(CCCN2C(=O)c3ccccc3C2=O)c2cc(F)ccc2N1C(=O)COc1cccc2cnccc12. The van der Waals surface area contributed by atoms with Gasteiger partial charge in [0.25, 0.3) is 23.6 Å². The number of pyridine rings is 1. The maximum Gasteiger partial charge on any atom is 0.265 e. The lowest BCUT2D eigenvalue weighted by atomic mass is 9.94. The van der Waals surface area contributed by atoms with Gasteiger partial charge in [-0.3, -0.25) is 34.0 Å². The smallest absolute Gasteiger partial charge is 0.265 e. The molecule has 0 radical (unpaired) electrons. The van der Waals surface area contributed by atoms with Gasteiger partial charge < -0.3 is 9.64 Å². The molecule has 0 saturated heterocycles. The second kappa shape index (κ2) is 10.4. The van der Waals surface area contributed by atoms with E-state index in [1.807, 2.05) is 6.07 Å². The van der Waals surface area contributed by atoms with Gasteiger partial charge in [0.15, 0.2) is 6.61 Å². The molecule has 4 amide bonds. The number of hydrogen-bond acceptors (Lipinski definition) is 6. The van der Waals surface area contributed by atoms with Crippen LogP contribution in [0.1, 0.15) is 41.0 Å². The van der Waals surface area contributed by atoms with Gasteiger partial charge in [-0.2, -0.15) is 0 Å². The van der Waals surface area contributed by atoms with E-state index in [1.165, 1.54) is 28.0 Å². The fourth-order valence-corrected chi connectivity index (χ4v) is 5.66. The molecule has 2 aliphatic rings. The highest BCUT2D eigenvalue weighted by atomic mass is 19.1. The van der Waals surface area contributed by atoms with E-state index in [0.29, 0.717) is 22.6 Å². The van der Waals surface area contributed by atoms with Gasteiger partial charge in [0.2, 0.25) is 0 Å². The zero-order chi connectivity index (χ0) is 29.6. The molecule has 6 rings (SSSR count). The molecular weight excluding hydrogens is 539 g/mol. The maximum atomic E-state index is 14.5. The zero-order valence-electron chi connectivity index (χ0n) is 23.0. The van der Waals surface area contributed by atoms with Crippen LogP contribution in [0.3, 0.4) is 0 Å². The highest BCUT2D eigenvalue weighted by Crippen LogP contribution is 2.41. The largest absolute Gasteiger partial charge is 0.483 e. The first-order valence-electron chi connectivity index (χ1n) is 13.5. The molecule has 0 unspecified atom stereocenters. The molecule has 0 aliphatic carbocycles. The average Bonchev–Trinajstić information content (AvgIpc) is 3.23. The van der Waals surface area contributed by atoms with Gasteiger partial charge in [-0.05, 0) is 62.7 Å². The Morgan fingerprint density at radius 3 is 2.33 bits per heavy atom. The molecule has 1 aromatic heterocycles. The minimum Gasteiger partial charge on any atom is -0.483 e. The molecule has 2 aliphatic heterocycles. The van der Waals surface area contributed by atoms with Crippen molar-refractivity contribution >= 4 is 45.8 Å². The lowest BCUT2D eigenvalue weighted by Gasteiger charge is -2.46. The topological polar surface area (TPSA) is 100 Å². The normalized spacial score (nSPS) is 15.7. The number of halogens is 1. The molecule has 3 heterocycles. The van der Waals surface area contributed by atoms with E-state index in [4.69, 9.17) is 4.74 Å². The summed E-state index contributed by atoms with van der Waals surface area (Å²) in [6, 6.07) is 17.8. The Bertz CT molecular complexity index is 1730. The van der Waals surface area contributed by atoms with Crippen molar-refractivity contribution in [2.45, 2.75) is 25.8 Å². The van der Waals surface area contributed by atoms with Crippen molar-refractivity contribution in [1.82, 2.24) is 9.88 Å². The van der Waals surface area contributed by atoms with E-state index in [-0.39, 0.29) is 43.6 Å². The first-order valence-corrected chi connectivity index (χ1v) is 13.5.